The van der Waals surface area contributed by atoms with E-state index in [0.717, 1.165) is 11.8 Å². The van der Waals surface area contributed by atoms with Crippen molar-refractivity contribution in [1.82, 2.24) is 5.16 Å². The molecule has 2 rings (SSSR count). The normalized spacial score (nSPS) is 11.5. The average molecular weight is 340 g/mol. The van der Waals surface area contributed by atoms with E-state index in [-0.39, 0.29) is 23.6 Å². The number of benzene rings is 1. The van der Waals surface area contributed by atoms with Crippen LogP contribution < -0.4 is 5.32 Å². The summed E-state index contributed by atoms with van der Waals surface area (Å²) in [5, 5.41) is 6.25. The highest BCUT2D eigenvalue weighted by atomic mass is 32.2. The molecule has 8 heteroatoms. The zero-order valence-electron chi connectivity index (χ0n) is 13.0. The lowest BCUT2D eigenvalue weighted by molar-refractivity contribution is -0.115. The number of nitrogens with zero attached hydrogens (tertiary/aromatic N) is 1. The van der Waals surface area contributed by atoms with Crippen molar-refractivity contribution in [3.8, 4) is 11.3 Å². The molecule has 1 heterocycles. The zero-order chi connectivity index (χ0) is 17.2. The second-order valence-corrected chi connectivity index (χ2v) is 7.66. The van der Waals surface area contributed by atoms with Crippen LogP contribution in [-0.4, -0.2) is 31.5 Å². The Labute approximate surface area is 133 Å². The van der Waals surface area contributed by atoms with Gasteiger partial charge in [0, 0.05) is 23.8 Å². The predicted octanol–water partition coefficient (Wildman–Crippen LogP) is 2.47. The van der Waals surface area contributed by atoms with Gasteiger partial charge in [-0.25, -0.2) is 12.8 Å². The molecule has 0 atom stereocenters. The van der Waals surface area contributed by atoms with Crippen LogP contribution in [0.15, 0.2) is 22.7 Å². The summed E-state index contributed by atoms with van der Waals surface area (Å²) in [6, 6.07) is 4.61. The first-order valence-electron chi connectivity index (χ1n) is 6.88. The minimum Gasteiger partial charge on any atom is -0.338 e. The summed E-state index contributed by atoms with van der Waals surface area (Å²) in [7, 11) is -3.23. The fraction of sp³-hybridized carbons (Fsp3) is 0.333. The monoisotopic (exact) mass is 340 g/mol. The van der Waals surface area contributed by atoms with Crippen molar-refractivity contribution in [2.45, 2.75) is 20.3 Å². The van der Waals surface area contributed by atoms with Gasteiger partial charge in [0.2, 0.25) is 11.8 Å². The molecule has 1 aromatic heterocycles. The van der Waals surface area contributed by atoms with E-state index < -0.39 is 21.6 Å². The molecule has 6 nitrogen and oxygen atoms in total. The van der Waals surface area contributed by atoms with E-state index in [2.05, 4.69) is 10.5 Å². The van der Waals surface area contributed by atoms with E-state index in [1.165, 1.54) is 6.07 Å². The molecule has 0 saturated heterocycles. The Morgan fingerprint density at radius 2 is 2.04 bits per heavy atom. The average Bonchev–Trinajstić information content (AvgIpc) is 2.80. The van der Waals surface area contributed by atoms with Crippen molar-refractivity contribution in [2.75, 3.05) is 17.3 Å². The largest absolute Gasteiger partial charge is 0.338 e. The smallest absolute Gasteiger partial charge is 0.234 e. The predicted molar refractivity (Wildman–Crippen MR) is 84.3 cm³/mol. The Kier molecular flexibility index (Phi) is 4.84. The fourth-order valence-electron chi connectivity index (χ4n) is 1.99. The van der Waals surface area contributed by atoms with E-state index in [4.69, 9.17) is 4.52 Å². The number of aromatic nitrogens is 1. The number of hydrogen-bond donors (Lipinski definition) is 1. The van der Waals surface area contributed by atoms with Crippen LogP contribution in [0.2, 0.25) is 0 Å². The number of amides is 1. The van der Waals surface area contributed by atoms with Gasteiger partial charge in [0.1, 0.15) is 21.3 Å². The SMILES string of the molecule is Cc1ccc(F)c(-c2noc(NC(=O)CCS(C)(=O)=O)c2C)c1. The molecule has 23 heavy (non-hydrogen) atoms. The standard InChI is InChI=1S/C15H17FN2O4S/c1-9-4-5-12(16)11(8-9)14-10(2)15(22-18-14)17-13(19)6-7-23(3,20)21/h4-5,8H,6-7H2,1-3H3,(H,17,19). The molecule has 1 aromatic carbocycles. The number of halogens is 1. The highest BCUT2D eigenvalue weighted by Gasteiger charge is 2.19. The third-order valence-corrected chi connectivity index (χ3v) is 4.20. The molecule has 0 aliphatic carbocycles. The Balaban J connectivity index is 2.19. The lowest BCUT2D eigenvalue weighted by Crippen LogP contribution is -2.16. The summed E-state index contributed by atoms with van der Waals surface area (Å²) in [5.41, 5.74) is 1.91. The highest BCUT2D eigenvalue weighted by molar-refractivity contribution is 7.90. The first-order valence-corrected chi connectivity index (χ1v) is 8.94. The zero-order valence-corrected chi connectivity index (χ0v) is 13.8. The molecule has 0 aliphatic rings. The van der Waals surface area contributed by atoms with Gasteiger partial charge in [-0.1, -0.05) is 16.8 Å². The summed E-state index contributed by atoms with van der Waals surface area (Å²) >= 11 is 0. The van der Waals surface area contributed by atoms with Crippen molar-refractivity contribution in [2.24, 2.45) is 0 Å². The highest BCUT2D eigenvalue weighted by Crippen LogP contribution is 2.30. The first kappa shape index (κ1) is 17.1. The number of sulfone groups is 1. The van der Waals surface area contributed by atoms with Crippen molar-refractivity contribution >= 4 is 21.6 Å². The minimum absolute atomic E-state index is 0.0828. The lowest BCUT2D eigenvalue weighted by Gasteiger charge is -2.03. The molecule has 2 aromatic rings. The Bertz CT molecular complexity index is 843. The van der Waals surface area contributed by atoms with Gasteiger partial charge < -0.3 is 4.52 Å². The number of hydrogen-bond acceptors (Lipinski definition) is 5. The molecular formula is C15H17FN2O4S. The third-order valence-electron chi connectivity index (χ3n) is 3.25. The van der Waals surface area contributed by atoms with Crippen molar-refractivity contribution < 1.29 is 22.1 Å². The topological polar surface area (TPSA) is 89.3 Å². The van der Waals surface area contributed by atoms with Crippen LogP contribution >= 0.6 is 0 Å². The van der Waals surface area contributed by atoms with Gasteiger partial charge in [-0.05, 0) is 26.0 Å². The number of aryl methyl sites for hydroxylation is 1. The van der Waals surface area contributed by atoms with Gasteiger partial charge in [-0.2, -0.15) is 0 Å². The molecule has 1 N–H and O–H groups in total. The summed E-state index contributed by atoms with van der Waals surface area (Å²) in [6.45, 7) is 3.46. The van der Waals surface area contributed by atoms with Gasteiger partial charge in [0.05, 0.1) is 5.75 Å². The number of anilines is 1. The summed E-state index contributed by atoms with van der Waals surface area (Å²) < 4.78 is 41.1. The summed E-state index contributed by atoms with van der Waals surface area (Å²) in [4.78, 5) is 11.7. The van der Waals surface area contributed by atoms with Crippen LogP contribution in [0.3, 0.4) is 0 Å². The van der Waals surface area contributed by atoms with E-state index in [1.807, 2.05) is 6.92 Å². The van der Waals surface area contributed by atoms with Gasteiger partial charge >= 0.3 is 0 Å². The number of rotatable bonds is 5. The Morgan fingerprint density at radius 3 is 2.70 bits per heavy atom. The van der Waals surface area contributed by atoms with Gasteiger partial charge in [0.25, 0.3) is 0 Å². The van der Waals surface area contributed by atoms with Crippen LogP contribution in [0.1, 0.15) is 17.5 Å². The fourth-order valence-corrected chi connectivity index (χ4v) is 2.55. The van der Waals surface area contributed by atoms with Gasteiger partial charge in [-0.15, -0.1) is 0 Å². The molecule has 124 valence electrons. The molecule has 1 amide bonds. The Hall–Kier alpha value is -2.22. The van der Waals surface area contributed by atoms with Crippen LogP contribution in [-0.2, 0) is 14.6 Å². The minimum atomic E-state index is -3.23. The van der Waals surface area contributed by atoms with Crippen molar-refractivity contribution in [1.29, 1.82) is 0 Å². The third kappa shape index (κ3) is 4.38. The molecule has 0 spiro atoms. The van der Waals surface area contributed by atoms with Crippen LogP contribution in [0.25, 0.3) is 11.3 Å². The van der Waals surface area contributed by atoms with Gasteiger partial charge in [0.15, 0.2) is 0 Å². The lowest BCUT2D eigenvalue weighted by atomic mass is 10.1. The second kappa shape index (κ2) is 6.49. The van der Waals surface area contributed by atoms with E-state index in [1.54, 1.807) is 19.1 Å². The van der Waals surface area contributed by atoms with Crippen molar-refractivity contribution in [3.05, 3.63) is 35.1 Å². The maximum atomic E-state index is 13.9. The van der Waals surface area contributed by atoms with E-state index >= 15 is 0 Å². The Morgan fingerprint density at radius 1 is 1.35 bits per heavy atom. The second-order valence-electron chi connectivity index (χ2n) is 5.40. The quantitative estimate of drug-likeness (QED) is 0.903. The summed E-state index contributed by atoms with van der Waals surface area (Å²) in [6.07, 6.45) is 0.867. The maximum Gasteiger partial charge on any atom is 0.234 e. The van der Waals surface area contributed by atoms with Crippen LogP contribution in [0.4, 0.5) is 10.3 Å². The number of carbonyl (C=O) groups excluding carboxylic acids is 1. The first-order chi connectivity index (χ1) is 10.7. The number of carbonyl (C=O) groups is 1. The summed E-state index contributed by atoms with van der Waals surface area (Å²) in [5.74, 6) is -1.13. The van der Waals surface area contributed by atoms with Crippen LogP contribution in [0.5, 0.6) is 0 Å². The van der Waals surface area contributed by atoms with E-state index in [0.29, 0.717) is 11.3 Å². The van der Waals surface area contributed by atoms with E-state index in [9.17, 15) is 17.6 Å². The maximum absolute atomic E-state index is 13.9. The van der Waals surface area contributed by atoms with Crippen LogP contribution in [0, 0.1) is 19.7 Å². The molecule has 0 radical (unpaired) electrons. The number of nitrogens with one attached hydrogen (secondary N) is 1. The van der Waals surface area contributed by atoms with Crippen molar-refractivity contribution in [3.63, 3.8) is 0 Å². The molecule has 0 bridgehead atoms. The molecular weight excluding hydrogens is 323 g/mol. The molecule has 0 aliphatic heterocycles. The molecule has 0 unspecified atom stereocenters. The van der Waals surface area contributed by atoms with Gasteiger partial charge in [-0.3, -0.25) is 10.1 Å². The molecule has 0 saturated carbocycles. The molecule has 0 fully saturated rings.